The van der Waals surface area contributed by atoms with E-state index in [1.807, 2.05) is 13.8 Å². The van der Waals surface area contributed by atoms with E-state index in [0.29, 0.717) is 19.4 Å². The molecule has 1 aliphatic heterocycles. The molecule has 5 heteroatoms. The quantitative estimate of drug-likeness (QED) is 0.912. The second kappa shape index (κ2) is 5.74. The number of halogens is 3. The van der Waals surface area contributed by atoms with Gasteiger partial charge in [0.25, 0.3) is 0 Å². The van der Waals surface area contributed by atoms with Gasteiger partial charge in [-0.15, -0.1) is 0 Å². The standard InChI is InChI=1S/C15H20F3NO/c1-14(2)10-12(8-9-20-14)19-13(15(16,17)18)11-6-4-3-5-7-11/h3-7,12-13,19H,8-10H2,1-2H3. The van der Waals surface area contributed by atoms with Gasteiger partial charge >= 0.3 is 6.18 Å². The molecule has 0 bridgehead atoms. The monoisotopic (exact) mass is 287 g/mol. The van der Waals surface area contributed by atoms with Gasteiger partial charge in [-0.05, 0) is 32.3 Å². The Bertz CT molecular complexity index is 430. The first-order valence-corrected chi connectivity index (χ1v) is 6.80. The van der Waals surface area contributed by atoms with E-state index in [4.69, 9.17) is 4.74 Å². The molecule has 1 fully saturated rings. The molecule has 2 nitrogen and oxygen atoms in total. The van der Waals surface area contributed by atoms with E-state index in [2.05, 4.69) is 5.32 Å². The summed E-state index contributed by atoms with van der Waals surface area (Å²) < 4.78 is 45.3. The Balaban J connectivity index is 2.13. The molecule has 1 aromatic carbocycles. The molecule has 112 valence electrons. The van der Waals surface area contributed by atoms with Crippen molar-refractivity contribution in [2.45, 2.75) is 50.6 Å². The molecule has 1 N–H and O–H groups in total. The fraction of sp³-hybridized carbons (Fsp3) is 0.600. The van der Waals surface area contributed by atoms with Crippen molar-refractivity contribution in [3.63, 3.8) is 0 Å². The smallest absolute Gasteiger partial charge is 0.375 e. The van der Waals surface area contributed by atoms with Gasteiger partial charge in [0.1, 0.15) is 6.04 Å². The summed E-state index contributed by atoms with van der Waals surface area (Å²) in [5.74, 6) is 0. The fourth-order valence-electron chi connectivity index (χ4n) is 2.64. The lowest BCUT2D eigenvalue weighted by atomic mass is 9.92. The largest absolute Gasteiger partial charge is 0.407 e. The topological polar surface area (TPSA) is 21.3 Å². The van der Waals surface area contributed by atoms with Crippen molar-refractivity contribution >= 4 is 0 Å². The van der Waals surface area contributed by atoms with Crippen molar-refractivity contribution in [1.82, 2.24) is 5.32 Å². The zero-order valence-corrected chi connectivity index (χ0v) is 11.7. The van der Waals surface area contributed by atoms with Crippen molar-refractivity contribution in [2.24, 2.45) is 0 Å². The lowest BCUT2D eigenvalue weighted by molar-refractivity contribution is -0.164. The Morgan fingerprint density at radius 2 is 1.90 bits per heavy atom. The van der Waals surface area contributed by atoms with Crippen LogP contribution >= 0.6 is 0 Å². The molecule has 1 aliphatic rings. The molecular formula is C15H20F3NO. The van der Waals surface area contributed by atoms with Gasteiger partial charge in [-0.1, -0.05) is 30.3 Å². The van der Waals surface area contributed by atoms with Crippen LogP contribution in [0.15, 0.2) is 30.3 Å². The minimum Gasteiger partial charge on any atom is -0.375 e. The summed E-state index contributed by atoms with van der Waals surface area (Å²) in [6, 6.07) is 6.18. The molecule has 1 saturated heterocycles. The van der Waals surface area contributed by atoms with Crippen molar-refractivity contribution in [1.29, 1.82) is 0 Å². The Kier molecular flexibility index (Phi) is 4.39. The highest BCUT2D eigenvalue weighted by Gasteiger charge is 2.43. The van der Waals surface area contributed by atoms with E-state index in [9.17, 15) is 13.2 Å². The average molecular weight is 287 g/mol. The molecule has 2 rings (SSSR count). The zero-order chi connectivity index (χ0) is 14.8. The normalized spacial score (nSPS) is 24.4. The highest BCUT2D eigenvalue weighted by Crippen LogP contribution is 2.35. The SMILES string of the molecule is CC1(C)CC(NC(c2ccccc2)C(F)(F)F)CCO1. The summed E-state index contributed by atoms with van der Waals surface area (Å²) in [7, 11) is 0. The van der Waals surface area contributed by atoms with E-state index in [1.54, 1.807) is 18.2 Å². The first kappa shape index (κ1) is 15.3. The highest BCUT2D eigenvalue weighted by molar-refractivity contribution is 5.20. The van der Waals surface area contributed by atoms with Crippen molar-refractivity contribution in [2.75, 3.05) is 6.61 Å². The predicted molar refractivity (Wildman–Crippen MR) is 71.4 cm³/mol. The molecule has 2 unspecified atom stereocenters. The van der Waals surface area contributed by atoms with Crippen LogP contribution in [0.25, 0.3) is 0 Å². The molecular weight excluding hydrogens is 267 g/mol. The third-order valence-electron chi connectivity index (χ3n) is 3.56. The predicted octanol–water partition coefficient (Wildman–Crippen LogP) is 3.84. The van der Waals surface area contributed by atoms with Crippen LogP contribution in [0.5, 0.6) is 0 Å². The van der Waals surface area contributed by atoms with Crippen molar-refractivity contribution < 1.29 is 17.9 Å². The number of hydrogen-bond acceptors (Lipinski definition) is 2. The Labute approximate surface area is 117 Å². The summed E-state index contributed by atoms with van der Waals surface area (Å²) in [4.78, 5) is 0. The molecule has 20 heavy (non-hydrogen) atoms. The van der Waals surface area contributed by atoms with Crippen LogP contribution in [0.3, 0.4) is 0 Å². The van der Waals surface area contributed by atoms with Gasteiger partial charge < -0.3 is 4.74 Å². The van der Waals surface area contributed by atoms with E-state index < -0.39 is 12.2 Å². The lowest BCUT2D eigenvalue weighted by Crippen LogP contribution is -2.47. The molecule has 0 amide bonds. The zero-order valence-electron chi connectivity index (χ0n) is 11.7. The number of ether oxygens (including phenoxy) is 1. The van der Waals surface area contributed by atoms with Gasteiger partial charge in [0, 0.05) is 12.6 Å². The average Bonchev–Trinajstić information content (AvgIpc) is 2.34. The van der Waals surface area contributed by atoms with Gasteiger partial charge in [0.05, 0.1) is 5.60 Å². The van der Waals surface area contributed by atoms with Gasteiger partial charge in [-0.2, -0.15) is 13.2 Å². The summed E-state index contributed by atoms with van der Waals surface area (Å²) in [6.45, 7) is 4.31. The molecule has 0 aliphatic carbocycles. The molecule has 0 radical (unpaired) electrons. The van der Waals surface area contributed by atoms with Gasteiger partial charge in [0.15, 0.2) is 0 Å². The molecule has 2 atom stereocenters. The molecule has 0 spiro atoms. The lowest BCUT2D eigenvalue weighted by Gasteiger charge is -2.38. The van der Waals surface area contributed by atoms with Crippen LogP contribution in [0.2, 0.25) is 0 Å². The maximum atomic E-state index is 13.3. The van der Waals surface area contributed by atoms with Gasteiger partial charge in [-0.25, -0.2) is 0 Å². The maximum Gasteiger partial charge on any atom is 0.407 e. The molecule has 0 aromatic heterocycles. The van der Waals surface area contributed by atoms with Crippen molar-refractivity contribution in [3.05, 3.63) is 35.9 Å². The number of alkyl halides is 3. The first-order chi connectivity index (χ1) is 9.28. The number of hydrogen-bond donors (Lipinski definition) is 1. The first-order valence-electron chi connectivity index (χ1n) is 6.80. The summed E-state index contributed by atoms with van der Waals surface area (Å²) in [5, 5.41) is 2.76. The fourth-order valence-corrected chi connectivity index (χ4v) is 2.64. The number of rotatable bonds is 3. The van der Waals surface area contributed by atoms with Crippen molar-refractivity contribution in [3.8, 4) is 0 Å². The van der Waals surface area contributed by atoms with Crippen LogP contribution in [0.4, 0.5) is 13.2 Å². The Morgan fingerprint density at radius 3 is 2.45 bits per heavy atom. The summed E-state index contributed by atoms with van der Waals surface area (Å²) >= 11 is 0. The summed E-state index contributed by atoms with van der Waals surface area (Å²) in [6.07, 6.45) is -3.13. The minimum absolute atomic E-state index is 0.189. The van der Waals surface area contributed by atoms with Crippen LogP contribution in [0, 0.1) is 0 Å². The Hall–Kier alpha value is -1.07. The maximum absolute atomic E-state index is 13.3. The second-order valence-corrected chi connectivity index (χ2v) is 5.85. The van der Waals surface area contributed by atoms with Gasteiger partial charge in [0.2, 0.25) is 0 Å². The van der Waals surface area contributed by atoms with Crippen LogP contribution < -0.4 is 5.32 Å². The minimum atomic E-state index is -4.30. The van der Waals surface area contributed by atoms with E-state index in [1.165, 1.54) is 12.1 Å². The molecule has 1 heterocycles. The van der Waals surface area contributed by atoms with E-state index in [0.717, 1.165) is 0 Å². The van der Waals surface area contributed by atoms with Crippen LogP contribution in [-0.2, 0) is 4.74 Å². The third-order valence-corrected chi connectivity index (χ3v) is 3.56. The molecule has 0 saturated carbocycles. The van der Waals surface area contributed by atoms with E-state index in [-0.39, 0.29) is 17.2 Å². The van der Waals surface area contributed by atoms with E-state index >= 15 is 0 Å². The Morgan fingerprint density at radius 1 is 1.25 bits per heavy atom. The summed E-state index contributed by atoms with van der Waals surface area (Å²) in [5.41, 5.74) is -0.118. The van der Waals surface area contributed by atoms with Crippen LogP contribution in [-0.4, -0.2) is 24.4 Å². The number of benzene rings is 1. The highest BCUT2D eigenvalue weighted by atomic mass is 19.4. The molecule has 1 aromatic rings. The van der Waals surface area contributed by atoms with Crippen LogP contribution in [0.1, 0.15) is 38.3 Å². The second-order valence-electron chi connectivity index (χ2n) is 5.85. The van der Waals surface area contributed by atoms with Gasteiger partial charge in [-0.3, -0.25) is 5.32 Å². The third kappa shape index (κ3) is 3.96. The number of nitrogens with one attached hydrogen (secondary N) is 1.